The van der Waals surface area contributed by atoms with Gasteiger partial charge in [-0.25, -0.2) is 4.79 Å². The number of hydrogen-bond acceptors (Lipinski definition) is 10. The summed E-state index contributed by atoms with van der Waals surface area (Å²) in [5, 5.41) is 30.6. The smallest absolute Gasteiger partial charge is 0.408 e. The molecule has 0 radical (unpaired) electrons. The first kappa shape index (κ1) is 37.7. The number of rotatable bonds is 16. The molecule has 3 atom stereocenters. The van der Waals surface area contributed by atoms with Gasteiger partial charge >= 0.3 is 6.09 Å². The fourth-order valence-corrected chi connectivity index (χ4v) is 7.42. The molecule has 13 nitrogen and oxygen atoms in total. The second-order valence-corrected chi connectivity index (χ2v) is 14.2. The SMILES string of the molecule is O=C(NC(c1ccccc1)c1cccc(OCc2coc(C(=O)NCCCCNC[C@@H](O)c3ccc(O)c4[nH]c(=O)ccc34)c2)c1)O[C@H]1CN2CCC1CC2. The number of phenols is 1. The van der Waals surface area contributed by atoms with Crippen molar-refractivity contribution < 1.29 is 33.7 Å². The Kier molecular flexibility index (Phi) is 12.1. The molecule has 5 aromatic rings. The Morgan fingerprint density at radius 2 is 1.75 bits per heavy atom. The average Bonchev–Trinajstić information content (AvgIpc) is 3.69. The molecule has 1 unspecified atom stereocenters. The summed E-state index contributed by atoms with van der Waals surface area (Å²) >= 11 is 0. The molecule has 3 aliphatic heterocycles. The molecule has 5 heterocycles. The van der Waals surface area contributed by atoms with Gasteiger partial charge in [-0.2, -0.15) is 0 Å². The number of nitrogens with one attached hydrogen (secondary N) is 4. The van der Waals surface area contributed by atoms with Gasteiger partial charge in [-0.3, -0.25) is 14.5 Å². The number of aliphatic hydroxyl groups is 1. The second-order valence-electron chi connectivity index (χ2n) is 14.2. The van der Waals surface area contributed by atoms with E-state index < -0.39 is 18.2 Å². The summed E-state index contributed by atoms with van der Waals surface area (Å²) in [6.45, 7) is 4.46. The lowest BCUT2D eigenvalue weighted by molar-refractivity contribution is -0.0336. The Hall–Kier alpha value is -5.63. The molecule has 3 fully saturated rings. The van der Waals surface area contributed by atoms with Crippen molar-refractivity contribution in [1.29, 1.82) is 0 Å². The van der Waals surface area contributed by atoms with Gasteiger partial charge in [0, 0.05) is 36.7 Å². The van der Waals surface area contributed by atoms with E-state index in [2.05, 4.69) is 25.8 Å². The first-order valence-electron chi connectivity index (χ1n) is 18.9. The van der Waals surface area contributed by atoms with Crippen LogP contribution in [0.5, 0.6) is 11.5 Å². The number of piperidine rings is 3. The van der Waals surface area contributed by atoms with Gasteiger partial charge < -0.3 is 45.0 Å². The van der Waals surface area contributed by atoms with Crippen LogP contribution in [0.25, 0.3) is 10.9 Å². The highest BCUT2D eigenvalue weighted by atomic mass is 16.6. The molecular weight excluding hydrogens is 702 g/mol. The van der Waals surface area contributed by atoms with Crippen LogP contribution in [0.2, 0.25) is 0 Å². The normalized spacial score (nSPS) is 18.7. The molecule has 2 aromatic heterocycles. The fourth-order valence-electron chi connectivity index (χ4n) is 7.42. The van der Waals surface area contributed by atoms with Crippen LogP contribution in [0.4, 0.5) is 4.79 Å². The maximum atomic E-state index is 13.2. The largest absolute Gasteiger partial charge is 0.506 e. The summed E-state index contributed by atoms with van der Waals surface area (Å²) in [4.78, 5) is 42.6. The van der Waals surface area contributed by atoms with Crippen LogP contribution in [0.1, 0.15) is 70.6 Å². The van der Waals surface area contributed by atoms with E-state index in [1.165, 1.54) is 18.4 Å². The molecule has 3 aromatic carbocycles. The summed E-state index contributed by atoms with van der Waals surface area (Å²) in [6.07, 6.45) is 3.72. The molecule has 6 N–H and O–H groups in total. The van der Waals surface area contributed by atoms with E-state index in [-0.39, 0.29) is 42.2 Å². The average molecular weight is 750 g/mol. The number of aromatic hydroxyl groups is 1. The number of carbonyl (C=O) groups excluding carboxylic acids is 2. The standard InChI is InChI=1S/C42H47N5O8/c48-34-13-11-32(33-12-14-38(50)45-40(33)34)35(49)23-43-17-4-5-18-44-41(51)36-21-27(26-54-36)25-53-31-10-6-9-30(22-31)39(29-7-2-1-3-8-29)46-42(52)55-37-24-47-19-15-28(37)16-20-47/h1-3,6-14,21-22,26,28,35,37,39,43,48-49H,4-5,15-20,23-25H2,(H,44,51)(H,45,50)(H,46,52)/t35-,37+,39?/m1/s1. The van der Waals surface area contributed by atoms with Crippen molar-refractivity contribution in [2.24, 2.45) is 5.92 Å². The van der Waals surface area contributed by atoms with Crippen LogP contribution in [0, 0.1) is 5.92 Å². The zero-order valence-electron chi connectivity index (χ0n) is 30.5. The molecule has 13 heteroatoms. The van der Waals surface area contributed by atoms with Gasteiger partial charge in [-0.15, -0.1) is 0 Å². The summed E-state index contributed by atoms with van der Waals surface area (Å²) < 4.78 is 17.6. The number of fused-ring (bicyclic) bond motifs is 4. The molecule has 0 spiro atoms. The van der Waals surface area contributed by atoms with Crippen LogP contribution in [-0.4, -0.2) is 77.5 Å². The predicted octanol–water partition coefficient (Wildman–Crippen LogP) is 5.15. The van der Waals surface area contributed by atoms with E-state index in [0.717, 1.165) is 50.0 Å². The molecule has 288 valence electrons. The summed E-state index contributed by atoms with van der Waals surface area (Å²) in [5.74, 6) is 0.824. The number of benzene rings is 3. The van der Waals surface area contributed by atoms with E-state index in [1.807, 2.05) is 54.6 Å². The third kappa shape index (κ3) is 9.55. The topological polar surface area (TPSA) is 178 Å². The van der Waals surface area contributed by atoms with Gasteiger partial charge in [0.25, 0.3) is 5.91 Å². The molecule has 55 heavy (non-hydrogen) atoms. The number of aliphatic hydroxyl groups excluding tert-OH is 1. The second kappa shape index (κ2) is 17.7. The molecule has 2 amide bonds. The zero-order valence-corrected chi connectivity index (χ0v) is 30.5. The van der Waals surface area contributed by atoms with Crippen molar-refractivity contribution in [2.75, 3.05) is 39.3 Å². The lowest BCUT2D eigenvalue weighted by atomic mass is 9.86. The summed E-state index contributed by atoms with van der Waals surface area (Å²) in [5.41, 5.74) is 3.03. The van der Waals surface area contributed by atoms with Crippen molar-refractivity contribution in [1.82, 2.24) is 25.8 Å². The van der Waals surface area contributed by atoms with Gasteiger partial charge in [0.05, 0.1) is 23.9 Å². The number of aromatic amines is 1. The Morgan fingerprint density at radius 1 is 0.945 bits per heavy atom. The minimum Gasteiger partial charge on any atom is -0.506 e. The van der Waals surface area contributed by atoms with E-state index >= 15 is 0 Å². The third-order valence-electron chi connectivity index (χ3n) is 10.4. The minimum absolute atomic E-state index is 0.0545. The Morgan fingerprint density at radius 3 is 2.55 bits per heavy atom. The number of amides is 2. The molecule has 0 aliphatic carbocycles. The first-order valence-corrected chi connectivity index (χ1v) is 18.9. The Balaban J connectivity index is 0.849. The van der Waals surface area contributed by atoms with E-state index in [9.17, 15) is 24.6 Å². The monoisotopic (exact) mass is 749 g/mol. The number of nitrogens with zero attached hydrogens (tertiary/aromatic N) is 1. The van der Waals surface area contributed by atoms with Gasteiger partial charge in [0.15, 0.2) is 5.76 Å². The van der Waals surface area contributed by atoms with Crippen LogP contribution in [0.3, 0.4) is 0 Å². The van der Waals surface area contributed by atoms with Crippen molar-refractivity contribution >= 4 is 22.9 Å². The van der Waals surface area contributed by atoms with Crippen molar-refractivity contribution in [3.63, 3.8) is 0 Å². The first-order chi connectivity index (χ1) is 26.8. The number of aromatic nitrogens is 1. The van der Waals surface area contributed by atoms with Crippen LogP contribution >= 0.6 is 0 Å². The van der Waals surface area contributed by atoms with Crippen molar-refractivity contribution in [2.45, 2.75) is 50.5 Å². The Bertz CT molecular complexity index is 2130. The van der Waals surface area contributed by atoms with Gasteiger partial charge in [-0.05, 0) is 98.3 Å². The zero-order chi connectivity index (χ0) is 38.1. The maximum Gasteiger partial charge on any atom is 0.408 e. The molecular formula is C42H47N5O8. The van der Waals surface area contributed by atoms with Crippen LogP contribution in [-0.2, 0) is 11.3 Å². The molecule has 2 bridgehead atoms. The highest BCUT2D eigenvalue weighted by molar-refractivity contribution is 5.91. The summed E-state index contributed by atoms with van der Waals surface area (Å²) in [7, 11) is 0. The highest BCUT2D eigenvalue weighted by Gasteiger charge is 2.37. The highest BCUT2D eigenvalue weighted by Crippen LogP contribution is 2.31. The molecule has 8 rings (SSSR count). The Labute approximate surface area is 318 Å². The van der Waals surface area contributed by atoms with Gasteiger partial charge in [0.1, 0.15) is 24.2 Å². The quantitative estimate of drug-likeness (QED) is 0.0740. The number of alkyl carbamates (subject to hydrolysis) is 1. The van der Waals surface area contributed by atoms with Crippen LogP contribution in [0.15, 0.2) is 100 Å². The molecule has 0 saturated carbocycles. The van der Waals surface area contributed by atoms with E-state index in [0.29, 0.717) is 53.2 Å². The number of carbonyl (C=O) groups is 2. The van der Waals surface area contributed by atoms with E-state index in [1.54, 1.807) is 18.2 Å². The number of hydrogen-bond donors (Lipinski definition) is 6. The number of ether oxygens (including phenoxy) is 2. The van der Waals surface area contributed by atoms with Crippen LogP contribution < -0.4 is 26.2 Å². The predicted molar refractivity (Wildman–Crippen MR) is 206 cm³/mol. The van der Waals surface area contributed by atoms with Crippen molar-refractivity contribution in [3.05, 3.63) is 130 Å². The maximum absolute atomic E-state index is 13.2. The number of furan rings is 1. The van der Waals surface area contributed by atoms with Crippen molar-refractivity contribution in [3.8, 4) is 11.5 Å². The lowest BCUT2D eigenvalue weighted by Gasteiger charge is -2.43. The molecule has 3 saturated heterocycles. The fraction of sp³-hybridized carbons (Fsp3) is 0.357. The third-order valence-corrected chi connectivity index (χ3v) is 10.4. The number of unbranched alkanes of at least 4 members (excludes halogenated alkanes) is 1. The molecule has 3 aliphatic rings. The number of phenolic OH excluding ortho intramolecular Hbond substituents is 1. The van der Waals surface area contributed by atoms with Gasteiger partial charge in [0.2, 0.25) is 5.56 Å². The summed E-state index contributed by atoms with van der Waals surface area (Å²) in [6, 6.07) is 24.6. The van der Waals surface area contributed by atoms with Gasteiger partial charge in [-0.1, -0.05) is 48.5 Å². The van der Waals surface area contributed by atoms with E-state index in [4.69, 9.17) is 13.9 Å². The number of pyridine rings is 1. The minimum atomic E-state index is -0.840. The lowest BCUT2D eigenvalue weighted by Crippen LogP contribution is -2.52. The number of H-pyrrole nitrogens is 1.